The van der Waals surface area contributed by atoms with Crippen LogP contribution in [0.4, 0.5) is 5.69 Å². The summed E-state index contributed by atoms with van der Waals surface area (Å²) in [6.07, 6.45) is 0.806. The SMILES string of the molecule is O=C(Nc1cccc(OCCOc2ccccc2)c1)c1cccc(OCCc2ccccc2)c1. The molecular formula is C29H27NO4. The van der Waals surface area contributed by atoms with Gasteiger partial charge in [-0.15, -0.1) is 0 Å². The lowest BCUT2D eigenvalue weighted by Gasteiger charge is -2.11. The minimum absolute atomic E-state index is 0.210. The second-order valence-corrected chi connectivity index (χ2v) is 7.60. The number of amides is 1. The second kappa shape index (κ2) is 12.1. The zero-order valence-corrected chi connectivity index (χ0v) is 18.9. The van der Waals surface area contributed by atoms with E-state index in [2.05, 4.69) is 17.4 Å². The monoisotopic (exact) mass is 453 g/mol. The predicted molar refractivity (Wildman–Crippen MR) is 134 cm³/mol. The van der Waals surface area contributed by atoms with E-state index < -0.39 is 0 Å². The Balaban J connectivity index is 1.26. The van der Waals surface area contributed by atoms with E-state index in [9.17, 15) is 4.79 Å². The van der Waals surface area contributed by atoms with Gasteiger partial charge in [0.2, 0.25) is 0 Å². The smallest absolute Gasteiger partial charge is 0.255 e. The third kappa shape index (κ3) is 7.14. The number of hydrogen-bond donors (Lipinski definition) is 1. The normalized spacial score (nSPS) is 10.4. The molecule has 172 valence electrons. The molecule has 0 aliphatic carbocycles. The van der Waals surface area contributed by atoms with E-state index in [1.165, 1.54) is 5.56 Å². The summed E-state index contributed by atoms with van der Waals surface area (Å²) in [4.78, 5) is 12.8. The average molecular weight is 454 g/mol. The number of hydrogen-bond acceptors (Lipinski definition) is 4. The van der Waals surface area contributed by atoms with Crippen molar-refractivity contribution in [1.29, 1.82) is 0 Å². The molecule has 0 bridgehead atoms. The highest BCUT2D eigenvalue weighted by molar-refractivity contribution is 6.04. The van der Waals surface area contributed by atoms with Crippen molar-refractivity contribution in [3.8, 4) is 17.2 Å². The van der Waals surface area contributed by atoms with Gasteiger partial charge in [0.1, 0.15) is 30.5 Å². The molecule has 0 fully saturated rings. The minimum Gasteiger partial charge on any atom is -0.493 e. The molecule has 0 aliphatic rings. The standard InChI is InChI=1S/C29H27NO4/c31-29(24-11-7-15-27(21-24)32-18-17-23-9-3-1-4-10-23)30-25-12-8-16-28(22-25)34-20-19-33-26-13-5-2-6-14-26/h1-16,21-22H,17-20H2,(H,30,31). The number of nitrogens with one attached hydrogen (secondary N) is 1. The summed E-state index contributed by atoms with van der Waals surface area (Å²) >= 11 is 0. The van der Waals surface area contributed by atoms with Gasteiger partial charge in [0.25, 0.3) is 5.91 Å². The third-order valence-electron chi connectivity index (χ3n) is 5.05. The number of anilines is 1. The fraction of sp³-hybridized carbons (Fsp3) is 0.138. The summed E-state index contributed by atoms with van der Waals surface area (Å²) in [6, 6.07) is 34.3. The molecule has 1 amide bonds. The molecule has 4 aromatic rings. The molecule has 0 heterocycles. The lowest BCUT2D eigenvalue weighted by Crippen LogP contribution is -2.13. The fourth-order valence-electron chi connectivity index (χ4n) is 3.36. The average Bonchev–Trinajstić information content (AvgIpc) is 2.88. The lowest BCUT2D eigenvalue weighted by atomic mass is 10.1. The van der Waals surface area contributed by atoms with Crippen molar-refractivity contribution in [2.75, 3.05) is 25.1 Å². The van der Waals surface area contributed by atoms with Crippen molar-refractivity contribution < 1.29 is 19.0 Å². The molecule has 1 N–H and O–H groups in total. The number of carbonyl (C=O) groups is 1. The van der Waals surface area contributed by atoms with Gasteiger partial charge < -0.3 is 19.5 Å². The van der Waals surface area contributed by atoms with Crippen LogP contribution in [0.1, 0.15) is 15.9 Å². The van der Waals surface area contributed by atoms with Crippen molar-refractivity contribution in [2.45, 2.75) is 6.42 Å². The molecule has 0 aromatic heterocycles. The van der Waals surface area contributed by atoms with Crippen molar-refractivity contribution in [2.24, 2.45) is 0 Å². The predicted octanol–water partition coefficient (Wildman–Crippen LogP) is 6.02. The first-order chi connectivity index (χ1) is 16.8. The van der Waals surface area contributed by atoms with E-state index in [-0.39, 0.29) is 5.91 Å². The zero-order chi connectivity index (χ0) is 23.4. The van der Waals surface area contributed by atoms with Crippen LogP contribution in [0, 0.1) is 0 Å². The summed E-state index contributed by atoms with van der Waals surface area (Å²) in [6.45, 7) is 1.37. The molecule has 0 saturated heterocycles. The number of para-hydroxylation sites is 1. The number of carbonyl (C=O) groups excluding carboxylic acids is 1. The van der Waals surface area contributed by atoms with Crippen LogP contribution in [0.2, 0.25) is 0 Å². The molecule has 4 rings (SSSR count). The summed E-state index contributed by atoms with van der Waals surface area (Å²) in [5.74, 6) is 1.92. The number of ether oxygens (including phenoxy) is 3. The van der Waals surface area contributed by atoms with Crippen LogP contribution in [-0.4, -0.2) is 25.7 Å². The second-order valence-electron chi connectivity index (χ2n) is 7.60. The Morgan fingerprint density at radius 2 is 1.18 bits per heavy atom. The van der Waals surface area contributed by atoms with E-state index in [0.717, 1.165) is 12.2 Å². The highest BCUT2D eigenvalue weighted by Gasteiger charge is 2.08. The summed E-state index contributed by atoms with van der Waals surface area (Å²) in [5.41, 5.74) is 2.40. The highest BCUT2D eigenvalue weighted by Crippen LogP contribution is 2.20. The summed E-state index contributed by atoms with van der Waals surface area (Å²) < 4.78 is 17.2. The van der Waals surface area contributed by atoms with Gasteiger partial charge in [-0.3, -0.25) is 4.79 Å². The maximum Gasteiger partial charge on any atom is 0.255 e. The molecular weight excluding hydrogens is 426 g/mol. The van der Waals surface area contributed by atoms with Gasteiger partial charge in [-0.2, -0.15) is 0 Å². The fourth-order valence-corrected chi connectivity index (χ4v) is 3.36. The van der Waals surface area contributed by atoms with Gasteiger partial charge in [0.15, 0.2) is 0 Å². The Morgan fingerprint density at radius 3 is 1.94 bits per heavy atom. The van der Waals surface area contributed by atoms with Crippen LogP contribution < -0.4 is 19.5 Å². The number of benzene rings is 4. The van der Waals surface area contributed by atoms with Gasteiger partial charge in [0, 0.05) is 23.7 Å². The van der Waals surface area contributed by atoms with Crippen molar-refractivity contribution in [1.82, 2.24) is 0 Å². The summed E-state index contributed by atoms with van der Waals surface area (Å²) in [5, 5.41) is 2.92. The Hall–Kier alpha value is -4.25. The molecule has 34 heavy (non-hydrogen) atoms. The Kier molecular flexibility index (Phi) is 8.17. The largest absolute Gasteiger partial charge is 0.493 e. The van der Waals surface area contributed by atoms with E-state index in [1.807, 2.05) is 78.9 Å². The van der Waals surface area contributed by atoms with Crippen molar-refractivity contribution in [3.05, 3.63) is 120 Å². The molecule has 5 heteroatoms. The van der Waals surface area contributed by atoms with Gasteiger partial charge in [-0.05, 0) is 48.0 Å². The van der Waals surface area contributed by atoms with E-state index in [1.54, 1.807) is 18.2 Å². The highest BCUT2D eigenvalue weighted by atomic mass is 16.5. The lowest BCUT2D eigenvalue weighted by molar-refractivity contribution is 0.102. The van der Waals surface area contributed by atoms with Crippen molar-refractivity contribution in [3.63, 3.8) is 0 Å². The van der Waals surface area contributed by atoms with E-state index in [4.69, 9.17) is 14.2 Å². The first-order valence-corrected chi connectivity index (χ1v) is 11.3. The van der Waals surface area contributed by atoms with Gasteiger partial charge in [0.05, 0.1) is 6.61 Å². The van der Waals surface area contributed by atoms with Crippen LogP contribution in [0.25, 0.3) is 0 Å². The van der Waals surface area contributed by atoms with Crippen LogP contribution in [0.15, 0.2) is 109 Å². The van der Waals surface area contributed by atoms with E-state index in [0.29, 0.717) is 42.6 Å². The van der Waals surface area contributed by atoms with Crippen LogP contribution in [-0.2, 0) is 6.42 Å². The minimum atomic E-state index is -0.210. The van der Waals surface area contributed by atoms with Gasteiger partial charge in [-0.25, -0.2) is 0 Å². The molecule has 0 aliphatic heterocycles. The van der Waals surface area contributed by atoms with Crippen LogP contribution in [0.3, 0.4) is 0 Å². The summed E-state index contributed by atoms with van der Waals surface area (Å²) in [7, 11) is 0. The van der Waals surface area contributed by atoms with Gasteiger partial charge in [-0.1, -0.05) is 60.7 Å². The van der Waals surface area contributed by atoms with E-state index >= 15 is 0 Å². The topological polar surface area (TPSA) is 56.8 Å². The van der Waals surface area contributed by atoms with Crippen molar-refractivity contribution >= 4 is 11.6 Å². The van der Waals surface area contributed by atoms with Crippen LogP contribution >= 0.6 is 0 Å². The molecule has 0 spiro atoms. The molecule has 5 nitrogen and oxygen atoms in total. The maximum absolute atomic E-state index is 12.8. The Morgan fingerprint density at radius 1 is 0.588 bits per heavy atom. The van der Waals surface area contributed by atoms with Crippen LogP contribution in [0.5, 0.6) is 17.2 Å². The number of rotatable bonds is 11. The molecule has 4 aromatic carbocycles. The Bertz CT molecular complexity index is 1180. The zero-order valence-electron chi connectivity index (χ0n) is 18.9. The Labute approximate surface area is 199 Å². The first-order valence-electron chi connectivity index (χ1n) is 11.3. The van der Waals surface area contributed by atoms with Gasteiger partial charge >= 0.3 is 0 Å². The maximum atomic E-state index is 12.8. The quantitative estimate of drug-likeness (QED) is 0.282. The molecule has 0 unspecified atom stereocenters. The molecule has 0 atom stereocenters. The first kappa shape index (κ1) is 22.9. The molecule has 0 radical (unpaired) electrons. The molecule has 0 saturated carbocycles. The third-order valence-corrected chi connectivity index (χ3v) is 5.05.